The Kier molecular flexibility index (Phi) is 2.53. The van der Waals surface area contributed by atoms with Crippen LogP contribution >= 0.6 is 0 Å². The van der Waals surface area contributed by atoms with Crippen molar-refractivity contribution in [3.63, 3.8) is 0 Å². The van der Waals surface area contributed by atoms with Crippen molar-refractivity contribution in [2.45, 2.75) is 25.8 Å². The molecule has 0 bridgehead atoms. The summed E-state index contributed by atoms with van der Waals surface area (Å²) in [6.07, 6.45) is 0.220. The summed E-state index contributed by atoms with van der Waals surface area (Å²) in [5.74, 6) is 0.0460. The second kappa shape index (κ2) is 3.76. The van der Waals surface area contributed by atoms with Crippen LogP contribution in [0.15, 0.2) is 24.3 Å². The van der Waals surface area contributed by atoms with Crippen LogP contribution in [0.25, 0.3) is 11.0 Å². The third kappa shape index (κ3) is 1.95. The fourth-order valence-corrected chi connectivity index (χ4v) is 2.19. The van der Waals surface area contributed by atoms with Gasteiger partial charge in [0.05, 0.1) is 16.6 Å². The molecule has 90 valence electrons. The molecule has 1 amide bonds. The van der Waals surface area contributed by atoms with Crippen LogP contribution in [0.3, 0.4) is 0 Å². The number of anilines is 1. The first-order valence-electron chi connectivity index (χ1n) is 5.43. The van der Waals surface area contributed by atoms with Crippen molar-refractivity contribution < 1.29 is 4.79 Å². The summed E-state index contributed by atoms with van der Waals surface area (Å²) in [6.45, 7) is 3.84. The lowest BCUT2D eigenvalue weighted by Crippen LogP contribution is -2.33. The molecule has 0 aliphatic carbocycles. The van der Waals surface area contributed by atoms with Crippen molar-refractivity contribution in [1.29, 1.82) is 0 Å². The Morgan fingerprint density at radius 2 is 2.06 bits per heavy atom. The van der Waals surface area contributed by atoms with Crippen LogP contribution in [0.1, 0.15) is 20.3 Å². The van der Waals surface area contributed by atoms with Crippen molar-refractivity contribution in [1.82, 2.24) is 9.55 Å². The van der Waals surface area contributed by atoms with Crippen molar-refractivity contribution >= 4 is 22.9 Å². The van der Waals surface area contributed by atoms with Gasteiger partial charge in [0.25, 0.3) is 0 Å². The minimum Gasteiger partial charge on any atom is -0.370 e. The van der Waals surface area contributed by atoms with E-state index in [2.05, 4.69) is 4.98 Å². The fraction of sp³-hybridized carbons (Fsp3) is 0.333. The molecule has 0 aliphatic heterocycles. The lowest BCUT2D eigenvalue weighted by Gasteiger charge is -2.27. The Bertz CT molecular complexity index is 571. The fourth-order valence-electron chi connectivity index (χ4n) is 2.19. The molecule has 0 radical (unpaired) electrons. The summed E-state index contributed by atoms with van der Waals surface area (Å²) >= 11 is 0. The van der Waals surface area contributed by atoms with E-state index in [1.54, 1.807) is 0 Å². The van der Waals surface area contributed by atoms with Gasteiger partial charge in [-0.1, -0.05) is 12.1 Å². The Hall–Kier alpha value is -2.04. The monoisotopic (exact) mass is 232 g/mol. The molecule has 1 aromatic carbocycles. The molecule has 17 heavy (non-hydrogen) atoms. The largest absolute Gasteiger partial charge is 0.370 e. The first-order valence-corrected chi connectivity index (χ1v) is 5.43. The lowest BCUT2D eigenvalue weighted by molar-refractivity contribution is -0.119. The van der Waals surface area contributed by atoms with Gasteiger partial charge in [0.1, 0.15) is 0 Å². The number of aromatic nitrogens is 2. The second-order valence-electron chi connectivity index (χ2n) is 4.75. The minimum atomic E-state index is -0.480. The number of hydrogen-bond donors (Lipinski definition) is 2. The number of imidazole rings is 1. The maximum Gasteiger partial charge on any atom is 0.219 e. The maximum absolute atomic E-state index is 11.1. The molecule has 4 N–H and O–H groups in total. The minimum absolute atomic E-state index is 0.220. The maximum atomic E-state index is 11.1. The smallest absolute Gasteiger partial charge is 0.219 e. The van der Waals surface area contributed by atoms with Crippen LogP contribution in [-0.2, 0) is 10.3 Å². The van der Waals surface area contributed by atoms with E-state index in [4.69, 9.17) is 11.5 Å². The highest BCUT2D eigenvalue weighted by Gasteiger charge is 2.26. The average molecular weight is 232 g/mol. The number of hydrogen-bond acceptors (Lipinski definition) is 3. The quantitative estimate of drug-likeness (QED) is 0.834. The summed E-state index contributed by atoms with van der Waals surface area (Å²) in [4.78, 5) is 15.4. The number of carbonyl (C=O) groups is 1. The molecule has 0 unspecified atom stereocenters. The predicted octanol–water partition coefficient (Wildman–Crippen LogP) is 1.23. The highest BCUT2D eigenvalue weighted by atomic mass is 16.1. The molecule has 0 atom stereocenters. The summed E-state index contributed by atoms with van der Waals surface area (Å²) in [5, 5.41) is 0. The van der Waals surface area contributed by atoms with Gasteiger partial charge < -0.3 is 16.0 Å². The van der Waals surface area contributed by atoms with Gasteiger partial charge in [-0.3, -0.25) is 4.79 Å². The van der Waals surface area contributed by atoms with Gasteiger partial charge in [-0.2, -0.15) is 0 Å². The molecule has 0 fully saturated rings. The highest BCUT2D eigenvalue weighted by Crippen LogP contribution is 2.28. The Balaban J connectivity index is 2.61. The van der Waals surface area contributed by atoms with Crippen molar-refractivity contribution in [2.75, 3.05) is 5.73 Å². The molecule has 5 nitrogen and oxygen atoms in total. The van der Waals surface area contributed by atoms with E-state index >= 15 is 0 Å². The Labute approximate surface area is 99.4 Å². The van der Waals surface area contributed by atoms with Crippen molar-refractivity contribution in [3.8, 4) is 0 Å². The molecule has 0 saturated carbocycles. The van der Waals surface area contributed by atoms with Gasteiger partial charge in [-0.25, -0.2) is 4.98 Å². The van der Waals surface area contributed by atoms with Gasteiger partial charge in [0.15, 0.2) is 0 Å². The number of amides is 1. The van der Waals surface area contributed by atoms with Crippen LogP contribution < -0.4 is 11.5 Å². The van der Waals surface area contributed by atoms with Gasteiger partial charge in [-0.05, 0) is 26.0 Å². The molecular formula is C12H16N4O. The molecule has 0 aliphatic rings. The van der Waals surface area contributed by atoms with Crippen LogP contribution in [0, 0.1) is 0 Å². The zero-order chi connectivity index (χ0) is 12.6. The predicted molar refractivity (Wildman–Crippen MR) is 67.3 cm³/mol. The topological polar surface area (TPSA) is 86.9 Å². The molecular weight excluding hydrogens is 216 g/mol. The number of carbonyl (C=O) groups excluding carboxylic acids is 1. The standard InChI is InChI=1S/C12H16N4O/c1-12(2,7-10(13)17)16-9-6-4-3-5-8(9)15-11(16)14/h3-6H,7H2,1-2H3,(H2,13,17)(H2,14,15). The van der Waals surface area contributed by atoms with Crippen LogP contribution in [0.4, 0.5) is 5.95 Å². The van der Waals surface area contributed by atoms with E-state index in [0.717, 1.165) is 11.0 Å². The zero-order valence-electron chi connectivity index (χ0n) is 9.97. The van der Waals surface area contributed by atoms with Gasteiger partial charge in [0, 0.05) is 6.42 Å². The summed E-state index contributed by atoms with van der Waals surface area (Å²) in [6, 6.07) is 7.64. The van der Waals surface area contributed by atoms with Gasteiger partial charge in [0.2, 0.25) is 11.9 Å². The molecule has 1 heterocycles. The number of fused-ring (bicyclic) bond motifs is 1. The van der Waals surface area contributed by atoms with Gasteiger partial charge in [-0.15, -0.1) is 0 Å². The number of para-hydroxylation sites is 2. The van der Waals surface area contributed by atoms with Crippen LogP contribution in [-0.4, -0.2) is 15.5 Å². The third-order valence-electron chi connectivity index (χ3n) is 2.80. The zero-order valence-corrected chi connectivity index (χ0v) is 9.97. The van der Waals surface area contributed by atoms with E-state index in [1.165, 1.54) is 0 Å². The summed E-state index contributed by atoms with van der Waals surface area (Å²) in [5.41, 5.74) is 12.4. The average Bonchev–Trinajstić information content (AvgIpc) is 2.51. The summed E-state index contributed by atoms with van der Waals surface area (Å²) < 4.78 is 1.85. The van der Waals surface area contributed by atoms with E-state index in [9.17, 15) is 4.79 Å². The van der Waals surface area contributed by atoms with Crippen molar-refractivity contribution in [3.05, 3.63) is 24.3 Å². The first-order chi connectivity index (χ1) is 7.92. The SMILES string of the molecule is CC(C)(CC(N)=O)n1c(N)nc2ccccc21. The molecule has 0 saturated heterocycles. The molecule has 2 aromatic rings. The highest BCUT2D eigenvalue weighted by molar-refractivity contribution is 5.80. The van der Waals surface area contributed by atoms with Crippen LogP contribution in [0.2, 0.25) is 0 Å². The molecule has 2 rings (SSSR count). The number of rotatable bonds is 3. The van der Waals surface area contributed by atoms with E-state index in [1.807, 2.05) is 42.7 Å². The number of nitrogens with zero attached hydrogens (tertiary/aromatic N) is 2. The molecule has 0 spiro atoms. The molecule has 1 aromatic heterocycles. The van der Waals surface area contributed by atoms with E-state index < -0.39 is 5.54 Å². The third-order valence-corrected chi connectivity index (χ3v) is 2.80. The second-order valence-corrected chi connectivity index (χ2v) is 4.75. The van der Waals surface area contributed by atoms with Crippen molar-refractivity contribution in [2.24, 2.45) is 5.73 Å². The number of benzene rings is 1. The number of nitrogen functional groups attached to an aromatic ring is 1. The lowest BCUT2D eigenvalue weighted by atomic mass is 9.99. The van der Waals surface area contributed by atoms with Gasteiger partial charge >= 0.3 is 0 Å². The normalized spacial score (nSPS) is 11.9. The summed E-state index contributed by atoms with van der Waals surface area (Å²) in [7, 11) is 0. The van der Waals surface area contributed by atoms with E-state index in [0.29, 0.717) is 5.95 Å². The van der Waals surface area contributed by atoms with E-state index in [-0.39, 0.29) is 12.3 Å². The number of nitrogens with two attached hydrogens (primary N) is 2. The number of primary amides is 1. The Morgan fingerprint density at radius 3 is 2.71 bits per heavy atom. The first kappa shape index (κ1) is 11.4. The Morgan fingerprint density at radius 1 is 1.41 bits per heavy atom. The molecule has 5 heteroatoms. The van der Waals surface area contributed by atoms with Crippen LogP contribution in [0.5, 0.6) is 0 Å².